The second-order valence-corrected chi connectivity index (χ2v) is 5.95. The number of benzene rings is 2. The largest absolute Gasteiger partial charge is 0.321 e. The van der Waals surface area contributed by atoms with Crippen LogP contribution in [0.25, 0.3) is 6.08 Å². The van der Waals surface area contributed by atoms with E-state index in [4.69, 9.17) is 0 Å². The smallest absolute Gasteiger partial charge is 0.266 e. The number of nitrogens with zero attached hydrogens (tertiary/aromatic N) is 1. The molecule has 116 valence electrons. The fourth-order valence-corrected chi connectivity index (χ4v) is 2.33. The van der Waals surface area contributed by atoms with Gasteiger partial charge in [0.2, 0.25) is 0 Å². The van der Waals surface area contributed by atoms with Gasteiger partial charge >= 0.3 is 0 Å². The van der Waals surface area contributed by atoms with Gasteiger partial charge in [0.15, 0.2) is 0 Å². The molecule has 5 heteroatoms. The molecule has 0 spiro atoms. The summed E-state index contributed by atoms with van der Waals surface area (Å²) in [5, 5.41) is 11.9. The maximum absolute atomic E-state index is 13.2. The first-order valence-electron chi connectivity index (χ1n) is 6.86. The fourth-order valence-electron chi connectivity index (χ4n) is 1.94. The van der Waals surface area contributed by atoms with Crippen molar-refractivity contribution in [1.29, 1.82) is 5.26 Å². The lowest BCUT2D eigenvalue weighted by Crippen LogP contribution is -2.13. The van der Waals surface area contributed by atoms with Gasteiger partial charge in [-0.3, -0.25) is 4.79 Å². The third-order valence-corrected chi connectivity index (χ3v) is 3.99. The summed E-state index contributed by atoms with van der Waals surface area (Å²) < 4.78 is 13.5. The molecule has 0 bridgehead atoms. The monoisotopic (exact) mass is 372 g/mol. The van der Waals surface area contributed by atoms with Crippen molar-refractivity contribution in [2.24, 2.45) is 0 Å². The highest BCUT2D eigenvalue weighted by atomic mass is 79.9. The van der Waals surface area contributed by atoms with Crippen molar-refractivity contribution in [2.45, 2.75) is 13.8 Å². The Hall–Kier alpha value is -2.45. The Kier molecular flexibility index (Phi) is 5.30. The van der Waals surface area contributed by atoms with Crippen LogP contribution in [0.15, 0.2) is 46.4 Å². The molecule has 0 aliphatic carbocycles. The van der Waals surface area contributed by atoms with Gasteiger partial charge < -0.3 is 5.32 Å². The maximum Gasteiger partial charge on any atom is 0.266 e. The highest BCUT2D eigenvalue weighted by Crippen LogP contribution is 2.19. The first kappa shape index (κ1) is 16.9. The highest BCUT2D eigenvalue weighted by Gasteiger charge is 2.10. The summed E-state index contributed by atoms with van der Waals surface area (Å²) in [5.74, 6) is -0.906. The predicted molar refractivity (Wildman–Crippen MR) is 92.2 cm³/mol. The zero-order chi connectivity index (χ0) is 17.0. The van der Waals surface area contributed by atoms with Crippen molar-refractivity contribution in [3.63, 3.8) is 0 Å². The number of hydrogen-bond acceptors (Lipinski definition) is 2. The Balaban J connectivity index is 2.24. The van der Waals surface area contributed by atoms with Crippen molar-refractivity contribution in [2.75, 3.05) is 5.32 Å². The van der Waals surface area contributed by atoms with Gasteiger partial charge in [0.25, 0.3) is 5.91 Å². The van der Waals surface area contributed by atoms with E-state index in [9.17, 15) is 14.4 Å². The Bertz CT molecular complexity index is 837. The average Bonchev–Trinajstić information content (AvgIpc) is 2.52. The van der Waals surface area contributed by atoms with E-state index in [0.29, 0.717) is 11.3 Å². The number of nitrogens with one attached hydrogen (secondary N) is 1. The Labute approximate surface area is 142 Å². The van der Waals surface area contributed by atoms with Gasteiger partial charge in [-0.05, 0) is 76.8 Å². The number of halogens is 2. The molecule has 0 unspecified atom stereocenters. The molecule has 0 fully saturated rings. The van der Waals surface area contributed by atoms with Crippen LogP contribution in [-0.4, -0.2) is 5.91 Å². The normalized spacial score (nSPS) is 11.0. The number of anilines is 1. The van der Waals surface area contributed by atoms with Crippen LogP contribution in [0.4, 0.5) is 10.1 Å². The van der Waals surface area contributed by atoms with Crippen molar-refractivity contribution >= 4 is 33.6 Å². The molecule has 1 N–H and O–H groups in total. The molecule has 2 rings (SSSR count). The molecule has 0 atom stereocenters. The minimum absolute atomic E-state index is 0.0539. The van der Waals surface area contributed by atoms with Crippen LogP contribution < -0.4 is 5.32 Å². The third-order valence-electron chi connectivity index (χ3n) is 3.38. The first-order valence-corrected chi connectivity index (χ1v) is 7.65. The minimum Gasteiger partial charge on any atom is -0.321 e. The van der Waals surface area contributed by atoms with Gasteiger partial charge in [0, 0.05) is 5.69 Å². The van der Waals surface area contributed by atoms with E-state index in [1.54, 1.807) is 6.07 Å². The molecular weight excluding hydrogens is 359 g/mol. The van der Waals surface area contributed by atoms with E-state index in [0.717, 1.165) is 11.1 Å². The maximum atomic E-state index is 13.2. The summed E-state index contributed by atoms with van der Waals surface area (Å²) in [6.45, 7) is 3.93. The van der Waals surface area contributed by atoms with Crippen molar-refractivity contribution in [1.82, 2.24) is 0 Å². The molecular formula is C18H14BrFN2O. The minimum atomic E-state index is -0.504. The molecule has 3 nitrogen and oxygen atoms in total. The molecule has 0 aliphatic heterocycles. The van der Waals surface area contributed by atoms with Gasteiger partial charge in [-0.1, -0.05) is 12.1 Å². The van der Waals surface area contributed by atoms with Crippen molar-refractivity contribution in [3.05, 3.63) is 69.0 Å². The number of carbonyl (C=O) groups excluding carboxylic acids is 1. The quantitative estimate of drug-likeness (QED) is 0.624. The van der Waals surface area contributed by atoms with Crippen LogP contribution in [0.3, 0.4) is 0 Å². The Morgan fingerprint density at radius 2 is 1.96 bits per heavy atom. The molecule has 0 aliphatic rings. The average molecular weight is 373 g/mol. The molecule has 23 heavy (non-hydrogen) atoms. The third kappa shape index (κ3) is 4.27. The lowest BCUT2D eigenvalue weighted by molar-refractivity contribution is -0.112. The SMILES string of the molecule is Cc1ccc(NC(=O)/C(C#N)=C/c2ccc(F)c(Br)c2)cc1C. The summed E-state index contributed by atoms with van der Waals surface area (Å²) in [6, 6.07) is 11.7. The summed E-state index contributed by atoms with van der Waals surface area (Å²) in [7, 11) is 0. The van der Waals surface area contributed by atoms with E-state index in [2.05, 4.69) is 21.2 Å². The van der Waals surface area contributed by atoms with E-state index in [1.165, 1.54) is 24.3 Å². The molecule has 0 saturated carbocycles. The molecule has 2 aromatic rings. The second kappa shape index (κ2) is 7.21. The first-order chi connectivity index (χ1) is 10.9. The Morgan fingerprint density at radius 3 is 2.57 bits per heavy atom. The summed E-state index contributed by atoms with van der Waals surface area (Å²) in [5.41, 5.74) is 3.30. The van der Waals surface area contributed by atoms with Gasteiger partial charge in [-0.15, -0.1) is 0 Å². The summed E-state index contributed by atoms with van der Waals surface area (Å²) >= 11 is 3.08. The molecule has 0 heterocycles. The van der Waals surface area contributed by atoms with Crippen LogP contribution in [0.2, 0.25) is 0 Å². The second-order valence-electron chi connectivity index (χ2n) is 5.10. The number of hydrogen-bond donors (Lipinski definition) is 1. The van der Waals surface area contributed by atoms with Gasteiger partial charge in [0.1, 0.15) is 17.5 Å². The zero-order valence-electron chi connectivity index (χ0n) is 12.7. The van der Waals surface area contributed by atoms with Crippen LogP contribution in [0, 0.1) is 31.0 Å². The number of carbonyl (C=O) groups is 1. The molecule has 0 saturated heterocycles. The number of nitriles is 1. The topological polar surface area (TPSA) is 52.9 Å². The zero-order valence-corrected chi connectivity index (χ0v) is 14.2. The molecule has 0 aromatic heterocycles. The van der Waals surface area contributed by atoms with Gasteiger partial charge in [-0.25, -0.2) is 4.39 Å². The summed E-state index contributed by atoms with van der Waals surface area (Å²) in [6.07, 6.45) is 1.42. The van der Waals surface area contributed by atoms with Gasteiger partial charge in [0.05, 0.1) is 4.47 Å². The Morgan fingerprint density at radius 1 is 1.22 bits per heavy atom. The van der Waals surface area contributed by atoms with E-state index in [-0.39, 0.29) is 10.0 Å². The number of aryl methyl sites for hydroxylation is 2. The number of rotatable bonds is 3. The fraction of sp³-hybridized carbons (Fsp3) is 0.111. The van der Waals surface area contributed by atoms with Crippen molar-refractivity contribution in [3.8, 4) is 6.07 Å². The van der Waals surface area contributed by atoms with Crippen molar-refractivity contribution < 1.29 is 9.18 Å². The highest BCUT2D eigenvalue weighted by molar-refractivity contribution is 9.10. The standard InChI is InChI=1S/C18H14BrFN2O/c1-11-3-5-15(7-12(11)2)22-18(23)14(10-21)8-13-4-6-17(20)16(19)9-13/h3-9H,1-2H3,(H,22,23)/b14-8+. The predicted octanol–water partition coefficient (Wildman–Crippen LogP) is 4.75. The van der Waals surface area contributed by atoms with Crippen LogP contribution in [0.5, 0.6) is 0 Å². The van der Waals surface area contributed by atoms with Crippen LogP contribution in [-0.2, 0) is 4.79 Å². The van der Waals surface area contributed by atoms with E-state index in [1.807, 2.05) is 32.0 Å². The lowest BCUT2D eigenvalue weighted by Gasteiger charge is -2.07. The van der Waals surface area contributed by atoms with E-state index < -0.39 is 11.7 Å². The summed E-state index contributed by atoms with van der Waals surface area (Å²) in [4.78, 5) is 12.2. The van der Waals surface area contributed by atoms with Crippen LogP contribution >= 0.6 is 15.9 Å². The van der Waals surface area contributed by atoms with Crippen LogP contribution in [0.1, 0.15) is 16.7 Å². The molecule has 1 amide bonds. The lowest BCUT2D eigenvalue weighted by atomic mass is 10.1. The van der Waals surface area contributed by atoms with E-state index >= 15 is 0 Å². The molecule has 0 radical (unpaired) electrons. The molecule has 2 aromatic carbocycles. The van der Waals surface area contributed by atoms with Gasteiger partial charge in [-0.2, -0.15) is 5.26 Å². The number of amides is 1.